The van der Waals surface area contributed by atoms with Crippen molar-refractivity contribution in [1.82, 2.24) is 9.55 Å². The molecule has 21 heavy (non-hydrogen) atoms. The van der Waals surface area contributed by atoms with Crippen molar-refractivity contribution in [3.63, 3.8) is 0 Å². The Morgan fingerprint density at radius 3 is 2.86 bits per heavy atom. The summed E-state index contributed by atoms with van der Waals surface area (Å²) < 4.78 is 8.34. The standard InChI is InChI=1S/C16H15IN2O2/c1-21-9-8-19-14-5-3-2-4-13(14)18-16(19)12-10-11(17)6-7-15(12)20/h2-7,10,20H,8-9H2,1H3. The average molecular weight is 394 g/mol. The Labute approximate surface area is 136 Å². The van der Waals surface area contributed by atoms with Gasteiger partial charge in [-0.25, -0.2) is 4.98 Å². The third-order valence-electron chi connectivity index (χ3n) is 3.37. The van der Waals surface area contributed by atoms with E-state index in [0.29, 0.717) is 13.2 Å². The molecule has 4 nitrogen and oxygen atoms in total. The topological polar surface area (TPSA) is 47.3 Å². The van der Waals surface area contributed by atoms with Crippen molar-refractivity contribution in [1.29, 1.82) is 0 Å². The van der Waals surface area contributed by atoms with Gasteiger partial charge >= 0.3 is 0 Å². The molecule has 3 aromatic rings. The lowest BCUT2D eigenvalue weighted by molar-refractivity contribution is 0.188. The van der Waals surface area contributed by atoms with Gasteiger partial charge in [0.25, 0.3) is 0 Å². The second-order valence-corrected chi connectivity index (χ2v) is 5.98. The number of methoxy groups -OCH3 is 1. The fourth-order valence-electron chi connectivity index (χ4n) is 2.38. The average Bonchev–Trinajstić information content (AvgIpc) is 2.86. The summed E-state index contributed by atoms with van der Waals surface area (Å²) in [6, 6.07) is 13.5. The summed E-state index contributed by atoms with van der Waals surface area (Å²) in [7, 11) is 1.68. The lowest BCUT2D eigenvalue weighted by atomic mass is 10.2. The summed E-state index contributed by atoms with van der Waals surface area (Å²) >= 11 is 2.23. The summed E-state index contributed by atoms with van der Waals surface area (Å²) in [5, 5.41) is 10.2. The van der Waals surface area contributed by atoms with Crippen LogP contribution in [0.15, 0.2) is 42.5 Å². The van der Waals surface area contributed by atoms with Gasteiger partial charge in [0, 0.05) is 17.2 Å². The number of nitrogens with zero attached hydrogens (tertiary/aromatic N) is 2. The molecule has 1 heterocycles. The maximum Gasteiger partial charge on any atom is 0.144 e. The monoisotopic (exact) mass is 394 g/mol. The highest BCUT2D eigenvalue weighted by Crippen LogP contribution is 2.32. The van der Waals surface area contributed by atoms with Crippen LogP contribution in [0, 0.1) is 3.57 Å². The molecule has 0 saturated heterocycles. The minimum atomic E-state index is 0.240. The number of fused-ring (bicyclic) bond motifs is 1. The zero-order chi connectivity index (χ0) is 14.8. The predicted molar refractivity (Wildman–Crippen MR) is 91.4 cm³/mol. The van der Waals surface area contributed by atoms with Crippen LogP contribution in [0.1, 0.15) is 0 Å². The number of hydrogen-bond donors (Lipinski definition) is 1. The van der Waals surface area contributed by atoms with Gasteiger partial charge in [-0.1, -0.05) is 12.1 Å². The molecule has 0 radical (unpaired) electrons. The molecule has 0 amide bonds. The summed E-state index contributed by atoms with van der Waals surface area (Å²) in [4.78, 5) is 4.68. The second-order valence-electron chi connectivity index (χ2n) is 4.73. The Hall–Kier alpha value is -1.60. The molecule has 0 saturated carbocycles. The lowest BCUT2D eigenvalue weighted by Gasteiger charge is -2.10. The van der Waals surface area contributed by atoms with E-state index in [2.05, 4.69) is 32.1 Å². The quantitative estimate of drug-likeness (QED) is 0.688. The Morgan fingerprint density at radius 2 is 2.05 bits per heavy atom. The van der Waals surface area contributed by atoms with Crippen LogP contribution in [-0.4, -0.2) is 28.4 Å². The van der Waals surface area contributed by atoms with Crippen molar-refractivity contribution < 1.29 is 9.84 Å². The highest BCUT2D eigenvalue weighted by molar-refractivity contribution is 14.1. The van der Waals surface area contributed by atoms with Crippen molar-refractivity contribution in [2.45, 2.75) is 6.54 Å². The van der Waals surface area contributed by atoms with E-state index < -0.39 is 0 Å². The van der Waals surface area contributed by atoms with Crippen LogP contribution in [0.25, 0.3) is 22.4 Å². The highest BCUT2D eigenvalue weighted by atomic mass is 127. The van der Waals surface area contributed by atoms with Gasteiger partial charge in [-0.15, -0.1) is 0 Å². The van der Waals surface area contributed by atoms with Crippen molar-refractivity contribution in [3.8, 4) is 17.1 Å². The molecule has 0 unspecified atom stereocenters. The number of aromatic hydroxyl groups is 1. The summed E-state index contributed by atoms with van der Waals surface area (Å²) in [5.74, 6) is 1.01. The van der Waals surface area contributed by atoms with Crippen LogP contribution in [0.3, 0.4) is 0 Å². The van der Waals surface area contributed by atoms with Crippen molar-refractivity contribution in [2.75, 3.05) is 13.7 Å². The minimum absolute atomic E-state index is 0.240. The smallest absolute Gasteiger partial charge is 0.144 e. The largest absolute Gasteiger partial charge is 0.507 e. The number of benzene rings is 2. The van der Waals surface area contributed by atoms with Crippen molar-refractivity contribution in [2.24, 2.45) is 0 Å². The molecule has 0 bridgehead atoms. The molecule has 0 aliphatic rings. The molecular weight excluding hydrogens is 379 g/mol. The molecule has 1 aromatic heterocycles. The van der Waals surface area contributed by atoms with Gasteiger partial charge in [0.1, 0.15) is 11.6 Å². The number of aromatic nitrogens is 2. The Bertz CT molecular complexity index is 783. The van der Waals surface area contributed by atoms with Gasteiger partial charge in [0.2, 0.25) is 0 Å². The van der Waals surface area contributed by atoms with Crippen LogP contribution in [-0.2, 0) is 11.3 Å². The van der Waals surface area contributed by atoms with Crippen molar-refractivity contribution >= 4 is 33.6 Å². The molecule has 1 N–H and O–H groups in total. The number of para-hydroxylation sites is 2. The van der Waals surface area contributed by atoms with E-state index in [9.17, 15) is 5.11 Å². The van der Waals surface area contributed by atoms with Gasteiger partial charge < -0.3 is 14.4 Å². The van der Waals surface area contributed by atoms with E-state index in [0.717, 1.165) is 26.0 Å². The van der Waals surface area contributed by atoms with E-state index in [4.69, 9.17) is 4.74 Å². The molecule has 2 aromatic carbocycles. The molecule has 5 heteroatoms. The number of phenols is 1. The molecule has 0 spiro atoms. The Morgan fingerprint density at radius 1 is 1.24 bits per heavy atom. The zero-order valence-corrected chi connectivity index (χ0v) is 13.7. The Kier molecular flexibility index (Phi) is 4.12. The van der Waals surface area contributed by atoms with Gasteiger partial charge in [-0.05, 0) is 52.9 Å². The van der Waals surface area contributed by atoms with E-state index in [1.54, 1.807) is 13.2 Å². The van der Waals surface area contributed by atoms with Crippen LogP contribution >= 0.6 is 22.6 Å². The fourth-order valence-corrected chi connectivity index (χ4v) is 2.87. The molecular formula is C16H15IN2O2. The summed E-state index contributed by atoms with van der Waals surface area (Å²) in [5.41, 5.74) is 2.71. The van der Waals surface area contributed by atoms with Gasteiger partial charge in [0.15, 0.2) is 0 Å². The number of hydrogen-bond acceptors (Lipinski definition) is 3. The lowest BCUT2D eigenvalue weighted by Crippen LogP contribution is -2.06. The predicted octanol–water partition coefficient (Wildman–Crippen LogP) is 3.66. The Balaban J connectivity index is 2.23. The first kappa shape index (κ1) is 14.3. The summed E-state index contributed by atoms with van der Waals surface area (Å²) in [6.45, 7) is 1.29. The third kappa shape index (κ3) is 2.75. The molecule has 0 aliphatic heterocycles. The molecule has 108 valence electrons. The molecule has 0 atom stereocenters. The van der Waals surface area contributed by atoms with Gasteiger partial charge in [-0.2, -0.15) is 0 Å². The number of rotatable bonds is 4. The number of halogens is 1. The van der Waals surface area contributed by atoms with Gasteiger partial charge in [-0.3, -0.25) is 0 Å². The summed E-state index contributed by atoms with van der Waals surface area (Å²) in [6.07, 6.45) is 0. The van der Waals surface area contributed by atoms with Crippen LogP contribution in [0.5, 0.6) is 5.75 Å². The fraction of sp³-hybridized carbons (Fsp3) is 0.188. The maximum absolute atomic E-state index is 10.2. The SMILES string of the molecule is COCCn1c(-c2cc(I)ccc2O)nc2ccccc21. The number of ether oxygens (including phenoxy) is 1. The zero-order valence-electron chi connectivity index (χ0n) is 11.6. The van der Waals surface area contributed by atoms with E-state index in [1.807, 2.05) is 36.4 Å². The van der Waals surface area contributed by atoms with Crippen molar-refractivity contribution in [3.05, 3.63) is 46.0 Å². The minimum Gasteiger partial charge on any atom is -0.507 e. The van der Waals surface area contributed by atoms with Crippen LogP contribution < -0.4 is 0 Å². The first-order valence-corrected chi connectivity index (χ1v) is 7.71. The van der Waals surface area contributed by atoms with E-state index in [-0.39, 0.29) is 5.75 Å². The highest BCUT2D eigenvalue weighted by Gasteiger charge is 2.15. The number of phenolic OH excluding ortho intramolecular Hbond substituents is 1. The first-order chi connectivity index (χ1) is 10.2. The van der Waals surface area contributed by atoms with Crippen LogP contribution in [0.4, 0.5) is 0 Å². The van der Waals surface area contributed by atoms with Gasteiger partial charge in [0.05, 0.1) is 23.2 Å². The first-order valence-electron chi connectivity index (χ1n) is 6.64. The van der Waals surface area contributed by atoms with E-state index in [1.165, 1.54) is 0 Å². The second kappa shape index (κ2) is 6.03. The molecule has 0 fully saturated rings. The maximum atomic E-state index is 10.2. The third-order valence-corrected chi connectivity index (χ3v) is 4.04. The number of imidazole rings is 1. The molecule has 3 rings (SSSR count). The van der Waals surface area contributed by atoms with E-state index >= 15 is 0 Å². The molecule has 0 aliphatic carbocycles. The normalized spacial score (nSPS) is 11.1. The van der Waals surface area contributed by atoms with Crippen LogP contribution in [0.2, 0.25) is 0 Å².